The summed E-state index contributed by atoms with van der Waals surface area (Å²) in [6.07, 6.45) is 92.6. The van der Waals surface area contributed by atoms with Gasteiger partial charge in [-0.25, -0.2) is 0 Å². The molecule has 3 atom stereocenters. The maximum absolute atomic E-state index is 13.6. The molecule has 3 unspecified atom stereocenters. The Morgan fingerprint density at radius 3 is 1.09 bits per heavy atom. The topological polar surface area (TPSA) is 114 Å². The van der Waals surface area contributed by atoms with Crippen molar-refractivity contribution in [2.75, 3.05) is 40.9 Å². The number of nitrogens with one attached hydrogen (secondary N) is 1. The zero-order chi connectivity index (χ0) is 64.9. The molecule has 0 radical (unpaired) electrons. The SMILES string of the molecule is CC/C=C\C/C=C\C/C=C\C/C=C\C/C=C\C/C=C\CCCCCCCCCCC(=O)OC(/C=C/CCCCCCCCCCC)C(COP(=O)([O-])OCC[N+](C)(C)C)NC(=O)CCCCCCCCCCCCCCCCC/C=C/CCCCCCCC. The Morgan fingerprint density at radius 2 is 0.719 bits per heavy atom. The molecule has 0 spiro atoms. The molecule has 0 saturated carbocycles. The zero-order valence-electron chi connectivity index (χ0n) is 59.1. The van der Waals surface area contributed by atoms with Gasteiger partial charge in [0, 0.05) is 12.8 Å². The number of phosphoric ester groups is 1. The summed E-state index contributed by atoms with van der Waals surface area (Å²) in [5.74, 6) is -0.544. The number of likely N-dealkylation sites (N-methyl/N-ethyl adjacent to an activating group) is 1. The number of hydrogen-bond donors (Lipinski definition) is 1. The van der Waals surface area contributed by atoms with E-state index in [1.807, 2.05) is 33.3 Å². The Kier molecular flexibility index (Phi) is 65.5. The van der Waals surface area contributed by atoms with E-state index in [0.29, 0.717) is 17.4 Å². The molecule has 0 aromatic rings. The van der Waals surface area contributed by atoms with E-state index in [1.165, 1.54) is 199 Å². The summed E-state index contributed by atoms with van der Waals surface area (Å²) in [6.45, 7) is 6.75. The number of quaternary nitrogens is 1. The van der Waals surface area contributed by atoms with Crippen molar-refractivity contribution < 1.29 is 37.3 Å². The van der Waals surface area contributed by atoms with Gasteiger partial charge in [0.1, 0.15) is 19.3 Å². The monoisotopic (exact) mass is 1260 g/mol. The minimum Gasteiger partial charge on any atom is -0.756 e. The van der Waals surface area contributed by atoms with Gasteiger partial charge in [0.25, 0.3) is 7.82 Å². The van der Waals surface area contributed by atoms with Crippen molar-refractivity contribution in [3.8, 4) is 0 Å². The molecule has 0 aromatic heterocycles. The molecule has 1 N–H and O–H groups in total. The van der Waals surface area contributed by atoms with Crippen molar-refractivity contribution in [3.05, 3.63) is 97.2 Å². The Morgan fingerprint density at radius 1 is 0.404 bits per heavy atom. The molecule has 0 aliphatic carbocycles. The highest BCUT2D eigenvalue weighted by Crippen LogP contribution is 2.38. The molecule has 89 heavy (non-hydrogen) atoms. The van der Waals surface area contributed by atoms with Crippen molar-refractivity contribution in [2.45, 2.75) is 354 Å². The normalized spacial score (nSPS) is 14.0. The molecular weight excluding hydrogens is 1120 g/mol. The minimum absolute atomic E-state index is 0.0262. The van der Waals surface area contributed by atoms with Gasteiger partial charge in [-0.1, -0.05) is 317 Å². The summed E-state index contributed by atoms with van der Waals surface area (Å²) >= 11 is 0. The van der Waals surface area contributed by atoms with Crippen LogP contribution in [0.2, 0.25) is 0 Å². The van der Waals surface area contributed by atoms with Gasteiger partial charge in [-0.05, 0) is 109 Å². The molecular formula is C79H143N2O7P. The highest BCUT2D eigenvalue weighted by atomic mass is 31.2. The second-order valence-corrected chi connectivity index (χ2v) is 27.8. The lowest BCUT2D eigenvalue weighted by Gasteiger charge is -2.30. The number of hydrogen-bond acceptors (Lipinski definition) is 7. The summed E-state index contributed by atoms with van der Waals surface area (Å²) in [6, 6.07) is -0.897. The van der Waals surface area contributed by atoms with Crippen LogP contribution in [0, 0.1) is 0 Å². The van der Waals surface area contributed by atoms with E-state index in [2.05, 4.69) is 111 Å². The number of carbonyl (C=O) groups excluding carboxylic acids is 2. The molecule has 516 valence electrons. The van der Waals surface area contributed by atoms with Crippen LogP contribution in [0.3, 0.4) is 0 Å². The van der Waals surface area contributed by atoms with Gasteiger partial charge in [-0.3, -0.25) is 14.2 Å². The number of esters is 1. The fraction of sp³-hybridized carbons (Fsp3) is 0.772. The smallest absolute Gasteiger partial charge is 0.306 e. The van der Waals surface area contributed by atoms with Crippen LogP contribution in [0.4, 0.5) is 0 Å². The Labute approximate surface area is 551 Å². The second kappa shape index (κ2) is 67.8. The van der Waals surface area contributed by atoms with Crippen molar-refractivity contribution in [2.24, 2.45) is 0 Å². The van der Waals surface area contributed by atoms with E-state index in [-0.39, 0.29) is 24.9 Å². The van der Waals surface area contributed by atoms with Crippen molar-refractivity contribution in [3.63, 3.8) is 0 Å². The molecule has 0 bridgehead atoms. The van der Waals surface area contributed by atoms with Crippen LogP contribution >= 0.6 is 7.82 Å². The van der Waals surface area contributed by atoms with E-state index in [4.69, 9.17) is 13.8 Å². The van der Waals surface area contributed by atoms with Gasteiger partial charge >= 0.3 is 5.97 Å². The largest absolute Gasteiger partial charge is 0.756 e. The number of carbonyl (C=O) groups is 2. The number of ether oxygens (including phenoxy) is 1. The molecule has 1 amide bonds. The minimum atomic E-state index is -4.71. The standard InChI is InChI=1S/C79H143N2O7P/c1-7-10-13-16-19-22-25-27-29-31-33-35-37-39-40-42-44-46-48-50-52-54-57-60-63-66-69-72-79(83)88-77(70-67-64-61-58-55-24-21-18-15-12-9-3)76(75-87-89(84,85)86-74-73-81(4,5)6)80-78(82)71-68-65-62-59-56-53-51-49-47-45-43-41-38-36-34-32-30-28-26-23-20-17-14-11-8-2/h10,13,19,22,27-30,33,35,39-40,44,46,67,70,76-77H,7-9,11-12,14-18,20-21,23-26,31-32,34,36-38,41-43,45,47-66,68-69,71-75H2,1-6H3,(H-,80,82,84,85)/b13-10-,22-19-,29-27-,30-28+,35-33-,40-39-,46-44-,70-67+. The number of unbranched alkanes of at least 4 members (excludes halogenated alkanes) is 38. The zero-order valence-corrected chi connectivity index (χ0v) is 60.0. The Bertz CT molecular complexity index is 1840. The van der Waals surface area contributed by atoms with E-state index in [9.17, 15) is 19.0 Å². The lowest BCUT2D eigenvalue weighted by molar-refractivity contribution is -0.870. The van der Waals surface area contributed by atoms with Crippen LogP contribution in [0.5, 0.6) is 0 Å². The fourth-order valence-corrected chi connectivity index (χ4v) is 11.5. The van der Waals surface area contributed by atoms with Gasteiger partial charge in [-0.2, -0.15) is 0 Å². The quantitative estimate of drug-likeness (QED) is 0.0212. The molecule has 0 aliphatic heterocycles. The lowest BCUT2D eigenvalue weighted by Crippen LogP contribution is -2.47. The van der Waals surface area contributed by atoms with Crippen molar-refractivity contribution >= 4 is 19.7 Å². The third kappa shape index (κ3) is 69.1. The van der Waals surface area contributed by atoms with Crippen LogP contribution in [0.1, 0.15) is 342 Å². The van der Waals surface area contributed by atoms with Crippen LogP contribution in [0.25, 0.3) is 0 Å². The summed E-state index contributed by atoms with van der Waals surface area (Å²) in [7, 11) is 1.18. The first kappa shape index (κ1) is 85.9. The second-order valence-electron chi connectivity index (χ2n) is 26.4. The van der Waals surface area contributed by atoms with Gasteiger partial charge in [0.15, 0.2) is 0 Å². The van der Waals surface area contributed by atoms with E-state index in [1.54, 1.807) is 0 Å². The molecule has 0 saturated heterocycles. The average Bonchev–Trinajstić information content (AvgIpc) is 3.71. The maximum atomic E-state index is 13.6. The predicted octanol–water partition coefficient (Wildman–Crippen LogP) is 23.6. The van der Waals surface area contributed by atoms with Crippen molar-refractivity contribution in [1.29, 1.82) is 0 Å². The van der Waals surface area contributed by atoms with Crippen molar-refractivity contribution in [1.82, 2.24) is 5.32 Å². The molecule has 0 aromatic carbocycles. The Hall–Kier alpha value is -3.07. The molecule has 0 aliphatic rings. The average molecular weight is 1260 g/mol. The summed E-state index contributed by atoms with van der Waals surface area (Å²) < 4.78 is 30.5. The number of phosphoric acid groups is 1. The third-order valence-corrected chi connectivity index (χ3v) is 17.5. The van der Waals surface area contributed by atoms with E-state index in [0.717, 1.165) is 109 Å². The maximum Gasteiger partial charge on any atom is 0.306 e. The Balaban J connectivity index is 4.97. The predicted molar refractivity (Wildman–Crippen MR) is 385 cm³/mol. The number of nitrogens with zero attached hydrogens (tertiary/aromatic N) is 1. The number of rotatable bonds is 68. The number of allylic oxidation sites excluding steroid dienone is 15. The molecule has 0 fully saturated rings. The third-order valence-electron chi connectivity index (χ3n) is 16.5. The summed E-state index contributed by atoms with van der Waals surface area (Å²) in [4.78, 5) is 40.2. The van der Waals surface area contributed by atoms with Gasteiger partial charge in [0.05, 0.1) is 33.8 Å². The first-order chi connectivity index (χ1) is 43.4. The molecule has 9 nitrogen and oxygen atoms in total. The first-order valence-electron chi connectivity index (χ1n) is 37.5. The summed E-state index contributed by atoms with van der Waals surface area (Å²) in [5, 5.41) is 3.05. The highest BCUT2D eigenvalue weighted by Gasteiger charge is 2.27. The highest BCUT2D eigenvalue weighted by molar-refractivity contribution is 7.45. The van der Waals surface area contributed by atoms with E-state index >= 15 is 0 Å². The molecule has 0 heterocycles. The van der Waals surface area contributed by atoms with Gasteiger partial charge in [-0.15, -0.1) is 0 Å². The molecule has 10 heteroatoms. The van der Waals surface area contributed by atoms with Crippen LogP contribution in [-0.2, 0) is 27.9 Å². The van der Waals surface area contributed by atoms with Crippen LogP contribution < -0.4 is 10.2 Å². The van der Waals surface area contributed by atoms with Crippen LogP contribution in [0.15, 0.2) is 97.2 Å². The van der Waals surface area contributed by atoms with E-state index < -0.39 is 26.6 Å². The molecule has 0 rings (SSSR count). The van der Waals surface area contributed by atoms with Gasteiger partial charge in [0.2, 0.25) is 5.91 Å². The number of amides is 1. The van der Waals surface area contributed by atoms with Gasteiger partial charge < -0.3 is 28.5 Å². The van der Waals surface area contributed by atoms with Crippen LogP contribution in [-0.4, -0.2) is 69.4 Å². The summed E-state index contributed by atoms with van der Waals surface area (Å²) in [5.41, 5.74) is 0. The fourth-order valence-electron chi connectivity index (χ4n) is 10.8. The lowest BCUT2D eigenvalue weighted by atomic mass is 10.0. The first-order valence-corrected chi connectivity index (χ1v) is 39.0.